The van der Waals surface area contributed by atoms with Crippen LogP contribution < -0.4 is 0 Å². The first kappa shape index (κ1) is 20.1. The van der Waals surface area contributed by atoms with Gasteiger partial charge in [0, 0.05) is 0 Å². The fourth-order valence-electron chi connectivity index (χ4n) is 6.03. The van der Waals surface area contributed by atoms with Crippen LogP contribution in [-0.2, 0) is 20.0 Å². The van der Waals surface area contributed by atoms with Crippen molar-refractivity contribution in [2.24, 2.45) is 23.2 Å². The van der Waals surface area contributed by atoms with Crippen LogP contribution in [0.3, 0.4) is 0 Å². The largest absolute Gasteiger partial charge is 0.300 e. The van der Waals surface area contributed by atoms with Crippen molar-refractivity contribution in [3.63, 3.8) is 0 Å². The van der Waals surface area contributed by atoms with E-state index in [1.807, 2.05) is 0 Å². The van der Waals surface area contributed by atoms with E-state index in [1.165, 1.54) is 0 Å². The summed E-state index contributed by atoms with van der Waals surface area (Å²) >= 11 is 0. The van der Waals surface area contributed by atoms with E-state index < -0.39 is 64.2 Å². The number of rotatable bonds is 4. The average molecular weight is 442 g/mol. The van der Waals surface area contributed by atoms with Crippen LogP contribution in [0.25, 0.3) is 0 Å². The first-order valence-electron chi connectivity index (χ1n) is 8.89. The zero-order valence-electron chi connectivity index (χ0n) is 14.6. The molecule has 4 saturated carbocycles. The fourth-order valence-corrected chi connectivity index (χ4v) is 8.69. The molecule has 0 aromatic heterocycles. The second-order valence-electron chi connectivity index (χ2n) is 8.57. The summed E-state index contributed by atoms with van der Waals surface area (Å²) in [5, 5.41) is 0. The molecule has 0 amide bonds. The molecule has 0 spiro atoms. The second kappa shape index (κ2) is 6.15. The highest BCUT2D eigenvalue weighted by atomic mass is 32.2. The molecule has 0 unspecified atom stereocenters. The molecule has 0 atom stereocenters. The molecule has 5 rings (SSSR count). The van der Waals surface area contributed by atoms with Gasteiger partial charge in [0.1, 0.15) is 4.90 Å². The zero-order valence-corrected chi connectivity index (χ0v) is 16.2. The first-order valence-corrected chi connectivity index (χ1v) is 12.0. The normalized spacial score (nSPS) is 32.1. The predicted molar refractivity (Wildman–Crippen MR) is 88.7 cm³/mol. The molecule has 0 heterocycles. The van der Waals surface area contributed by atoms with Crippen molar-refractivity contribution in [2.45, 2.75) is 48.3 Å². The van der Waals surface area contributed by atoms with Crippen LogP contribution in [0.1, 0.15) is 38.5 Å². The van der Waals surface area contributed by atoms with Gasteiger partial charge in [-0.3, -0.25) is 4.55 Å². The van der Waals surface area contributed by atoms with Crippen molar-refractivity contribution in [1.82, 2.24) is 0 Å². The molecule has 4 bridgehead atoms. The van der Waals surface area contributed by atoms with Gasteiger partial charge in [-0.1, -0.05) is 0 Å². The smallest absolute Gasteiger partial charge is 0.282 e. The summed E-state index contributed by atoms with van der Waals surface area (Å²) < 4.78 is 113. The standard InChI is InChI=1S/C17H18F4O5S2/c18-11-13(20)16(28(24,25)26)14(21)12(19)15(11)27(22,23)7-17-4-8-1-9(5-17)3-10(2-8)6-17/h8-10H,1-7H2,(H,24,25,26). The van der Waals surface area contributed by atoms with Crippen LogP contribution in [0, 0.1) is 46.4 Å². The summed E-state index contributed by atoms with van der Waals surface area (Å²) in [5.41, 5.74) is -0.693. The van der Waals surface area contributed by atoms with Crippen LogP contribution >= 0.6 is 0 Å². The van der Waals surface area contributed by atoms with Crippen molar-refractivity contribution >= 4 is 20.0 Å². The highest BCUT2D eigenvalue weighted by molar-refractivity contribution is 7.91. The maximum absolute atomic E-state index is 14.4. The van der Waals surface area contributed by atoms with Gasteiger partial charge in [-0.15, -0.1) is 0 Å². The van der Waals surface area contributed by atoms with Crippen LogP contribution in [-0.4, -0.2) is 27.1 Å². The van der Waals surface area contributed by atoms with Crippen molar-refractivity contribution < 1.29 is 39.0 Å². The second-order valence-corrected chi connectivity index (χ2v) is 11.9. The molecular weight excluding hydrogens is 424 g/mol. The molecule has 0 saturated heterocycles. The molecule has 1 N–H and O–H groups in total. The van der Waals surface area contributed by atoms with Gasteiger partial charge in [-0.05, 0) is 61.7 Å². The number of sulfone groups is 1. The molecule has 28 heavy (non-hydrogen) atoms. The maximum Gasteiger partial charge on any atom is 0.300 e. The minimum atomic E-state index is -5.64. The Bertz CT molecular complexity index is 1000. The van der Waals surface area contributed by atoms with Crippen LogP contribution in [0.5, 0.6) is 0 Å². The lowest BCUT2D eigenvalue weighted by Gasteiger charge is -2.56. The van der Waals surface area contributed by atoms with Gasteiger partial charge in [0.05, 0.1) is 5.75 Å². The summed E-state index contributed by atoms with van der Waals surface area (Å²) in [7, 11) is -10.4. The summed E-state index contributed by atoms with van der Waals surface area (Å²) in [6.07, 6.45) is 4.72. The van der Waals surface area contributed by atoms with E-state index in [2.05, 4.69) is 0 Å². The van der Waals surface area contributed by atoms with Gasteiger partial charge in [0.25, 0.3) is 0 Å². The lowest BCUT2D eigenvalue weighted by atomic mass is 9.50. The quantitative estimate of drug-likeness (QED) is 0.438. The van der Waals surface area contributed by atoms with E-state index in [1.54, 1.807) is 0 Å². The average Bonchev–Trinajstić information content (AvgIpc) is 2.49. The number of hydrogen-bond donors (Lipinski definition) is 1. The molecule has 0 aliphatic heterocycles. The maximum atomic E-state index is 14.4. The van der Waals surface area contributed by atoms with E-state index in [0.29, 0.717) is 37.0 Å². The molecule has 4 aliphatic carbocycles. The van der Waals surface area contributed by atoms with Gasteiger partial charge in [-0.25, -0.2) is 26.0 Å². The minimum Gasteiger partial charge on any atom is -0.282 e. The van der Waals surface area contributed by atoms with Gasteiger partial charge in [0.15, 0.2) is 38.0 Å². The third-order valence-electron chi connectivity index (χ3n) is 6.41. The van der Waals surface area contributed by atoms with E-state index in [-0.39, 0.29) is 0 Å². The Balaban J connectivity index is 1.79. The van der Waals surface area contributed by atoms with Gasteiger partial charge >= 0.3 is 10.1 Å². The molecule has 5 nitrogen and oxygen atoms in total. The Hall–Kier alpha value is -1.20. The Kier molecular flexibility index (Phi) is 4.41. The van der Waals surface area contributed by atoms with Gasteiger partial charge in [0.2, 0.25) is 0 Å². The molecule has 4 fully saturated rings. The number of halogens is 4. The first-order chi connectivity index (χ1) is 12.8. The van der Waals surface area contributed by atoms with Crippen molar-refractivity contribution in [3.8, 4) is 0 Å². The van der Waals surface area contributed by atoms with Gasteiger partial charge < -0.3 is 0 Å². The van der Waals surface area contributed by atoms with E-state index in [4.69, 9.17) is 4.55 Å². The van der Waals surface area contributed by atoms with Crippen molar-refractivity contribution in [3.05, 3.63) is 23.3 Å². The predicted octanol–water partition coefficient (Wildman–Crippen LogP) is 3.48. The molecular formula is C17H18F4O5S2. The van der Waals surface area contributed by atoms with Crippen LogP contribution in [0.2, 0.25) is 0 Å². The fraction of sp³-hybridized carbons (Fsp3) is 0.647. The molecule has 0 radical (unpaired) electrons. The topological polar surface area (TPSA) is 88.5 Å². The summed E-state index contributed by atoms with van der Waals surface area (Å²) in [6.45, 7) is 0. The Morgan fingerprint density at radius 3 is 1.46 bits per heavy atom. The monoisotopic (exact) mass is 442 g/mol. The molecule has 1 aromatic rings. The Morgan fingerprint density at radius 1 is 0.750 bits per heavy atom. The summed E-state index contributed by atoms with van der Waals surface area (Å²) in [6, 6.07) is 0. The molecule has 4 aliphatic rings. The summed E-state index contributed by atoms with van der Waals surface area (Å²) in [4.78, 5) is -4.05. The Morgan fingerprint density at radius 2 is 1.11 bits per heavy atom. The van der Waals surface area contributed by atoms with E-state index in [9.17, 15) is 34.4 Å². The zero-order chi connectivity index (χ0) is 20.6. The summed E-state index contributed by atoms with van der Waals surface area (Å²) in [5.74, 6) is -9.21. The SMILES string of the molecule is O=S(=O)(O)c1c(F)c(F)c(S(=O)(=O)CC23CC4CC(CC(C4)C2)C3)c(F)c1F. The van der Waals surface area contributed by atoms with E-state index in [0.717, 1.165) is 19.3 Å². The third-order valence-corrected chi connectivity index (χ3v) is 9.26. The highest BCUT2D eigenvalue weighted by Gasteiger charge is 2.53. The van der Waals surface area contributed by atoms with Crippen LogP contribution in [0.4, 0.5) is 17.6 Å². The van der Waals surface area contributed by atoms with Gasteiger partial charge in [-0.2, -0.15) is 8.42 Å². The molecule has 1 aromatic carbocycles. The number of benzene rings is 1. The van der Waals surface area contributed by atoms with E-state index >= 15 is 0 Å². The molecule has 156 valence electrons. The third kappa shape index (κ3) is 3.06. The van der Waals surface area contributed by atoms with Crippen molar-refractivity contribution in [1.29, 1.82) is 0 Å². The minimum absolute atomic E-state index is 0.339. The van der Waals surface area contributed by atoms with Crippen molar-refractivity contribution in [2.75, 3.05) is 5.75 Å². The lowest BCUT2D eigenvalue weighted by Crippen LogP contribution is -2.49. The number of hydrogen-bond acceptors (Lipinski definition) is 4. The highest BCUT2D eigenvalue weighted by Crippen LogP contribution is 2.60. The molecule has 11 heteroatoms. The lowest BCUT2D eigenvalue weighted by molar-refractivity contribution is -0.0390. The Labute approximate surface area is 159 Å². The van der Waals surface area contributed by atoms with Crippen LogP contribution in [0.15, 0.2) is 9.79 Å².